The predicted octanol–water partition coefficient (Wildman–Crippen LogP) is 3.56. The molecule has 1 fully saturated rings. The molecule has 0 radical (unpaired) electrons. The monoisotopic (exact) mass is 364 g/mol. The van der Waals surface area contributed by atoms with Crippen LogP contribution in [-0.4, -0.2) is 40.0 Å². The van der Waals surface area contributed by atoms with E-state index in [0.29, 0.717) is 22.1 Å². The summed E-state index contributed by atoms with van der Waals surface area (Å²) in [5.74, 6) is -1.53. The Balaban J connectivity index is 1.84. The van der Waals surface area contributed by atoms with E-state index < -0.39 is 11.9 Å². The Hall–Kier alpha value is -1.92. The van der Waals surface area contributed by atoms with E-state index in [9.17, 15) is 14.7 Å². The smallest absolute Gasteiger partial charge is 0.308 e. The first-order valence-electron chi connectivity index (χ1n) is 7.62. The molecule has 3 rings (SSSR count). The van der Waals surface area contributed by atoms with E-state index in [1.54, 1.807) is 24.0 Å². The molecule has 0 spiro atoms. The second kappa shape index (κ2) is 6.53. The molecular formula is C17H17ClN2O3S. The Labute approximate surface area is 148 Å². The van der Waals surface area contributed by atoms with Gasteiger partial charge in [0.1, 0.15) is 9.88 Å². The number of rotatable bonds is 3. The largest absolute Gasteiger partial charge is 0.481 e. The minimum Gasteiger partial charge on any atom is -0.481 e. The van der Waals surface area contributed by atoms with Gasteiger partial charge in [-0.15, -0.1) is 11.3 Å². The number of halogens is 1. The SMILES string of the molecule is Cc1nc(-c2ccc(Cl)cc2)sc1C(=O)N1C[C@@H](C)[C@H](C(=O)O)C1. The van der Waals surface area contributed by atoms with Crippen LogP contribution in [0.1, 0.15) is 22.3 Å². The fourth-order valence-corrected chi connectivity index (χ4v) is 4.07. The number of likely N-dealkylation sites (tertiary alicyclic amines) is 1. The van der Waals surface area contributed by atoms with Gasteiger partial charge in [-0.3, -0.25) is 9.59 Å². The summed E-state index contributed by atoms with van der Waals surface area (Å²) >= 11 is 7.23. The summed E-state index contributed by atoms with van der Waals surface area (Å²) in [5.41, 5.74) is 1.58. The van der Waals surface area contributed by atoms with Gasteiger partial charge in [-0.05, 0) is 25.0 Å². The van der Waals surface area contributed by atoms with Gasteiger partial charge in [0.15, 0.2) is 0 Å². The Morgan fingerprint density at radius 2 is 1.96 bits per heavy atom. The average Bonchev–Trinajstić information content (AvgIpc) is 3.11. The molecule has 0 bridgehead atoms. The van der Waals surface area contributed by atoms with Gasteiger partial charge in [-0.2, -0.15) is 0 Å². The number of carbonyl (C=O) groups is 2. The molecule has 5 nitrogen and oxygen atoms in total. The number of carbonyl (C=O) groups excluding carboxylic acids is 1. The van der Waals surface area contributed by atoms with Crippen molar-refractivity contribution in [3.8, 4) is 10.6 Å². The quantitative estimate of drug-likeness (QED) is 0.903. The lowest BCUT2D eigenvalue weighted by molar-refractivity contribution is -0.142. The first-order chi connectivity index (χ1) is 11.4. The molecule has 24 heavy (non-hydrogen) atoms. The topological polar surface area (TPSA) is 70.5 Å². The number of aryl methyl sites for hydroxylation is 1. The lowest BCUT2D eigenvalue weighted by atomic mass is 9.99. The molecule has 1 aromatic carbocycles. The molecule has 1 aliphatic rings. The van der Waals surface area contributed by atoms with Gasteiger partial charge in [0, 0.05) is 23.7 Å². The van der Waals surface area contributed by atoms with Gasteiger partial charge in [0.2, 0.25) is 0 Å². The number of thiazole rings is 1. The van der Waals surface area contributed by atoms with Gasteiger partial charge >= 0.3 is 5.97 Å². The highest BCUT2D eigenvalue weighted by atomic mass is 35.5. The van der Waals surface area contributed by atoms with Crippen molar-refractivity contribution in [2.75, 3.05) is 13.1 Å². The third-order valence-electron chi connectivity index (χ3n) is 4.30. The Kier molecular flexibility index (Phi) is 4.60. The van der Waals surface area contributed by atoms with Crippen molar-refractivity contribution in [1.82, 2.24) is 9.88 Å². The number of carboxylic acids is 1. The fourth-order valence-electron chi connectivity index (χ4n) is 2.91. The number of nitrogens with zero attached hydrogens (tertiary/aromatic N) is 2. The number of carboxylic acid groups (broad SMARTS) is 1. The van der Waals surface area contributed by atoms with Crippen LogP contribution in [-0.2, 0) is 4.79 Å². The third-order valence-corrected chi connectivity index (χ3v) is 5.75. The molecule has 0 saturated carbocycles. The van der Waals surface area contributed by atoms with Crippen LogP contribution in [0.2, 0.25) is 5.02 Å². The molecule has 1 saturated heterocycles. The van der Waals surface area contributed by atoms with Crippen molar-refractivity contribution in [2.24, 2.45) is 11.8 Å². The van der Waals surface area contributed by atoms with Crippen LogP contribution in [0.4, 0.5) is 0 Å². The maximum Gasteiger partial charge on any atom is 0.308 e. The predicted molar refractivity (Wildman–Crippen MR) is 93.5 cm³/mol. The Morgan fingerprint density at radius 1 is 1.29 bits per heavy atom. The molecular weight excluding hydrogens is 348 g/mol. The van der Waals surface area contributed by atoms with Gasteiger partial charge in [0.25, 0.3) is 5.91 Å². The summed E-state index contributed by atoms with van der Waals surface area (Å²) in [7, 11) is 0. The molecule has 1 aromatic heterocycles. The number of aliphatic carboxylic acids is 1. The van der Waals surface area contributed by atoms with Crippen molar-refractivity contribution in [3.63, 3.8) is 0 Å². The number of hydrogen-bond acceptors (Lipinski definition) is 4. The maximum absolute atomic E-state index is 12.8. The maximum atomic E-state index is 12.8. The van der Waals surface area contributed by atoms with Gasteiger partial charge in [-0.1, -0.05) is 30.7 Å². The highest BCUT2D eigenvalue weighted by Gasteiger charge is 2.38. The van der Waals surface area contributed by atoms with Gasteiger partial charge in [0.05, 0.1) is 11.6 Å². The van der Waals surface area contributed by atoms with Crippen LogP contribution < -0.4 is 0 Å². The molecule has 7 heteroatoms. The van der Waals surface area contributed by atoms with Crippen LogP contribution in [0.15, 0.2) is 24.3 Å². The minimum absolute atomic E-state index is 0.0459. The molecule has 0 unspecified atom stereocenters. The fraction of sp³-hybridized carbons (Fsp3) is 0.353. The van der Waals surface area contributed by atoms with Crippen LogP contribution in [0.5, 0.6) is 0 Å². The summed E-state index contributed by atoms with van der Waals surface area (Å²) in [6.07, 6.45) is 0. The number of benzene rings is 1. The zero-order valence-electron chi connectivity index (χ0n) is 13.3. The summed E-state index contributed by atoms with van der Waals surface area (Å²) in [6.45, 7) is 4.38. The zero-order valence-corrected chi connectivity index (χ0v) is 14.9. The highest BCUT2D eigenvalue weighted by Crippen LogP contribution is 2.32. The first-order valence-corrected chi connectivity index (χ1v) is 8.81. The van der Waals surface area contributed by atoms with Crippen LogP contribution in [0.3, 0.4) is 0 Å². The van der Waals surface area contributed by atoms with E-state index in [1.165, 1.54) is 11.3 Å². The second-order valence-electron chi connectivity index (χ2n) is 6.07. The van der Waals surface area contributed by atoms with E-state index in [4.69, 9.17) is 11.6 Å². The van der Waals surface area contributed by atoms with Crippen LogP contribution in [0.25, 0.3) is 10.6 Å². The molecule has 126 valence electrons. The van der Waals surface area contributed by atoms with Crippen molar-refractivity contribution < 1.29 is 14.7 Å². The van der Waals surface area contributed by atoms with E-state index in [1.807, 2.05) is 19.1 Å². The Bertz CT molecular complexity index is 788. The molecule has 2 aromatic rings. The summed E-state index contributed by atoms with van der Waals surface area (Å²) < 4.78 is 0. The number of aromatic nitrogens is 1. The second-order valence-corrected chi connectivity index (χ2v) is 7.51. The molecule has 0 aliphatic carbocycles. The van der Waals surface area contributed by atoms with Crippen LogP contribution >= 0.6 is 22.9 Å². The standard InChI is InChI=1S/C17H17ClN2O3S/c1-9-7-20(8-13(9)17(22)23)16(21)14-10(2)19-15(24-14)11-3-5-12(18)6-4-11/h3-6,9,13H,7-8H2,1-2H3,(H,22,23)/t9-,13-/m1/s1. The van der Waals surface area contributed by atoms with Crippen molar-refractivity contribution in [1.29, 1.82) is 0 Å². The number of amides is 1. The van der Waals surface area contributed by atoms with Gasteiger partial charge in [-0.25, -0.2) is 4.98 Å². The van der Waals surface area contributed by atoms with E-state index >= 15 is 0 Å². The average molecular weight is 365 g/mol. The van der Waals surface area contributed by atoms with E-state index in [0.717, 1.165) is 10.6 Å². The van der Waals surface area contributed by atoms with Gasteiger partial charge < -0.3 is 10.0 Å². The first kappa shape index (κ1) is 16.9. The lowest BCUT2D eigenvalue weighted by Gasteiger charge is -2.14. The molecule has 2 heterocycles. The van der Waals surface area contributed by atoms with Crippen molar-refractivity contribution >= 4 is 34.8 Å². The molecule has 2 atom stereocenters. The van der Waals surface area contributed by atoms with E-state index in [2.05, 4.69) is 4.98 Å². The number of hydrogen-bond donors (Lipinski definition) is 1. The summed E-state index contributed by atoms with van der Waals surface area (Å²) in [6, 6.07) is 7.31. The molecule has 1 N–H and O–H groups in total. The minimum atomic E-state index is -0.847. The summed E-state index contributed by atoms with van der Waals surface area (Å²) in [5, 5.41) is 10.6. The molecule has 1 aliphatic heterocycles. The van der Waals surface area contributed by atoms with Crippen molar-refractivity contribution in [2.45, 2.75) is 13.8 Å². The normalized spacial score (nSPS) is 20.4. The summed E-state index contributed by atoms with van der Waals surface area (Å²) in [4.78, 5) is 30.7. The lowest BCUT2D eigenvalue weighted by Crippen LogP contribution is -2.29. The Morgan fingerprint density at radius 3 is 2.54 bits per heavy atom. The van der Waals surface area contributed by atoms with E-state index in [-0.39, 0.29) is 18.4 Å². The zero-order chi connectivity index (χ0) is 17.4. The third kappa shape index (κ3) is 3.16. The van der Waals surface area contributed by atoms with Crippen molar-refractivity contribution in [3.05, 3.63) is 39.9 Å². The highest BCUT2D eigenvalue weighted by molar-refractivity contribution is 7.17. The van der Waals surface area contributed by atoms with Crippen LogP contribution in [0, 0.1) is 18.8 Å². The molecule has 1 amide bonds.